The number of ether oxygens (including phenoxy) is 1. The monoisotopic (exact) mass is 279 g/mol. The maximum absolute atomic E-state index is 11.8. The minimum absolute atomic E-state index is 0.0197. The minimum Gasteiger partial charge on any atom is -0.493 e. The summed E-state index contributed by atoms with van der Waals surface area (Å²) in [7, 11) is 3.60. The van der Waals surface area contributed by atoms with Crippen molar-refractivity contribution < 1.29 is 14.3 Å². The Morgan fingerprint density at radius 1 is 1.40 bits per heavy atom. The lowest BCUT2D eigenvalue weighted by molar-refractivity contribution is -0.130. The molecule has 1 rings (SSSR count). The predicted octanol–water partition coefficient (Wildman–Crippen LogP) is 0.232. The van der Waals surface area contributed by atoms with Crippen LogP contribution in [-0.4, -0.2) is 50.5 Å². The van der Waals surface area contributed by atoms with Gasteiger partial charge >= 0.3 is 0 Å². The molecule has 110 valence electrons. The number of rotatable bonds is 8. The van der Waals surface area contributed by atoms with Crippen molar-refractivity contribution in [2.45, 2.75) is 6.42 Å². The van der Waals surface area contributed by atoms with Crippen molar-refractivity contribution in [1.82, 2.24) is 10.2 Å². The summed E-state index contributed by atoms with van der Waals surface area (Å²) in [5, 5.41) is 2.98. The number of benzene rings is 1. The number of likely N-dealkylation sites (N-methyl/N-ethyl adjacent to an activating group) is 2. The number of carbonyl (C=O) groups excluding carboxylic acids is 2. The molecular formula is C14H21N3O3. The molecule has 1 aromatic rings. The predicted molar refractivity (Wildman–Crippen MR) is 76.6 cm³/mol. The fraction of sp³-hybridized carbons (Fsp3) is 0.429. The molecule has 0 aliphatic heterocycles. The van der Waals surface area contributed by atoms with Crippen LogP contribution in [0.2, 0.25) is 0 Å². The summed E-state index contributed by atoms with van der Waals surface area (Å²) in [4.78, 5) is 24.4. The lowest BCUT2D eigenvalue weighted by atomic mass is 10.2. The molecule has 2 amide bonds. The lowest BCUT2D eigenvalue weighted by Crippen LogP contribution is -2.33. The number of nitrogens with zero attached hydrogens (tertiary/aromatic N) is 1. The van der Waals surface area contributed by atoms with Gasteiger partial charge in [0.1, 0.15) is 5.75 Å². The van der Waals surface area contributed by atoms with Gasteiger partial charge < -0.3 is 20.7 Å². The van der Waals surface area contributed by atoms with Crippen molar-refractivity contribution in [2.24, 2.45) is 5.73 Å². The Bertz CT molecular complexity index is 463. The Hall–Kier alpha value is -2.08. The molecule has 0 radical (unpaired) electrons. The van der Waals surface area contributed by atoms with E-state index in [0.717, 1.165) is 6.54 Å². The number of hydrogen-bond acceptors (Lipinski definition) is 4. The molecule has 20 heavy (non-hydrogen) atoms. The number of amides is 2. The van der Waals surface area contributed by atoms with Crippen molar-refractivity contribution in [3.05, 3.63) is 29.8 Å². The molecule has 0 heterocycles. The molecule has 0 aromatic heterocycles. The van der Waals surface area contributed by atoms with E-state index < -0.39 is 5.91 Å². The van der Waals surface area contributed by atoms with E-state index in [1.165, 1.54) is 0 Å². The van der Waals surface area contributed by atoms with Gasteiger partial charge in [0.2, 0.25) is 11.8 Å². The number of nitrogens with one attached hydrogen (secondary N) is 1. The summed E-state index contributed by atoms with van der Waals surface area (Å²) >= 11 is 0. The van der Waals surface area contributed by atoms with Crippen LogP contribution in [0.5, 0.6) is 5.75 Å². The highest BCUT2D eigenvalue weighted by molar-refractivity contribution is 5.93. The van der Waals surface area contributed by atoms with Gasteiger partial charge in [0.05, 0.1) is 13.0 Å². The van der Waals surface area contributed by atoms with Crippen LogP contribution in [0.4, 0.5) is 0 Å². The molecule has 1 aromatic carbocycles. The van der Waals surface area contributed by atoms with Gasteiger partial charge in [-0.2, -0.15) is 0 Å². The van der Waals surface area contributed by atoms with Gasteiger partial charge in [-0.25, -0.2) is 0 Å². The molecular weight excluding hydrogens is 258 g/mol. The lowest BCUT2D eigenvalue weighted by Gasteiger charge is -2.17. The van der Waals surface area contributed by atoms with Crippen molar-refractivity contribution in [1.29, 1.82) is 0 Å². The largest absolute Gasteiger partial charge is 0.493 e. The first-order valence-corrected chi connectivity index (χ1v) is 6.46. The summed E-state index contributed by atoms with van der Waals surface area (Å²) in [6.45, 7) is 1.68. The molecule has 0 atom stereocenters. The first kappa shape index (κ1) is 16.0. The van der Waals surface area contributed by atoms with Gasteiger partial charge in [0, 0.05) is 25.7 Å². The van der Waals surface area contributed by atoms with E-state index in [2.05, 4.69) is 5.32 Å². The molecule has 0 saturated heterocycles. The third kappa shape index (κ3) is 5.27. The van der Waals surface area contributed by atoms with E-state index in [9.17, 15) is 9.59 Å². The van der Waals surface area contributed by atoms with E-state index in [1.54, 1.807) is 36.2 Å². The first-order valence-electron chi connectivity index (χ1n) is 6.46. The minimum atomic E-state index is -0.502. The zero-order valence-corrected chi connectivity index (χ0v) is 11.9. The summed E-state index contributed by atoms with van der Waals surface area (Å²) < 4.78 is 5.45. The highest BCUT2D eigenvalue weighted by Crippen LogP contribution is 2.13. The van der Waals surface area contributed by atoms with E-state index in [1.807, 2.05) is 7.05 Å². The highest BCUT2D eigenvalue weighted by Gasteiger charge is 2.08. The highest BCUT2D eigenvalue weighted by atomic mass is 16.5. The molecule has 6 nitrogen and oxygen atoms in total. The Morgan fingerprint density at radius 2 is 2.15 bits per heavy atom. The van der Waals surface area contributed by atoms with Gasteiger partial charge in [-0.05, 0) is 25.2 Å². The average molecular weight is 279 g/mol. The van der Waals surface area contributed by atoms with E-state index in [0.29, 0.717) is 24.3 Å². The molecule has 0 aliphatic rings. The Labute approximate surface area is 118 Å². The molecule has 0 spiro atoms. The quantitative estimate of drug-likeness (QED) is 0.713. The van der Waals surface area contributed by atoms with Crippen molar-refractivity contribution in [3.8, 4) is 5.75 Å². The van der Waals surface area contributed by atoms with Gasteiger partial charge in [0.25, 0.3) is 0 Å². The van der Waals surface area contributed by atoms with Gasteiger partial charge in [-0.15, -0.1) is 0 Å². The summed E-state index contributed by atoms with van der Waals surface area (Å²) in [6, 6.07) is 6.60. The zero-order valence-electron chi connectivity index (χ0n) is 11.9. The fourth-order valence-electron chi connectivity index (χ4n) is 1.59. The van der Waals surface area contributed by atoms with Gasteiger partial charge in [0.15, 0.2) is 0 Å². The summed E-state index contributed by atoms with van der Waals surface area (Å²) in [6.07, 6.45) is 0.293. The second-order valence-corrected chi connectivity index (χ2v) is 4.41. The zero-order chi connectivity index (χ0) is 15.0. The van der Waals surface area contributed by atoms with Crippen LogP contribution in [0.3, 0.4) is 0 Å². The standard InChI is InChI=1S/C14H21N3O3/c1-16-7-8-17(2)13(18)6-9-20-12-5-3-4-11(10-12)14(15)19/h3-5,10,16H,6-9H2,1-2H3,(H2,15,19). The van der Waals surface area contributed by atoms with E-state index in [-0.39, 0.29) is 12.5 Å². The van der Waals surface area contributed by atoms with E-state index >= 15 is 0 Å². The van der Waals surface area contributed by atoms with Crippen LogP contribution < -0.4 is 15.8 Å². The first-order chi connectivity index (χ1) is 9.54. The second-order valence-electron chi connectivity index (χ2n) is 4.41. The van der Waals surface area contributed by atoms with Crippen LogP contribution in [0, 0.1) is 0 Å². The Kier molecular flexibility index (Phi) is 6.52. The third-order valence-corrected chi connectivity index (χ3v) is 2.83. The second kappa shape index (κ2) is 8.16. The van der Waals surface area contributed by atoms with Gasteiger partial charge in [-0.3, -0.25) is 9.59 Å². The van der Waals surface area contributed by atoms with Gasteiger partial charge in [-0.1, -0.05) is 6.07 Å². The summed E-state index contributed by atoms with van der Waals surface area (Å²) in [5.41, 5.74) is 5.57. The van der Waals surface area contributed by atoms with Crippen LogP contribution in [-0.2, 0) is 4.79 Å². The molecule has 0 fully saturated rings. The SMILES string of the molecule is CNCCN(C)C(=O)CCOc1cccc(C(N)=O)c1. The van der Waals surface area contributed by atoms with Crippen LogP contribution in [0.25, 0.3) is 0 Å². The Balaban J connectivity index is 2.38. The van der Waals surface area contributed by atoms with Crippen molar-refractivity contribution >= 4 is 11.8 Å². The van der Waals surface area contributed by atoms with Crippen molar-refractivity contribution in [3.63, 3.8) is 0 Å². The average Bonchev–Trinajstić information content (AvgIpc) is 2.44. The molecule has 0 unspecified atom stereocenters. The number of primary amides is 1. The third-order valence-electron chi connectivity index (χ3n) is 2.83. The molecule has 0 aliphatic carbocycles. The number of carbonyl (C=O) groups is 2. The summed E-state index contributed by atoms with van der Waals surface area (Å²) in [5.74, 6) is 0.0524. The molecule has 0 saturated carbocycles. The van der Waals surface area contributed by atoms with Crippen LogP contribution >= 0.6 is 0 Å². The van der Waals surface area contributed by atoms with E-state index in [4.69, 9.17) is 10.5 Å². The Morgan fingerprint density at radius 3 is 2.80 bits per heavy atom. The number of hydrogen-bond donors (Lipinski definition) is 2. The number of nitrogens with two attached hydrogens (primary N) is 1. The van der Waals surface area contributed by atoms with Crippen LogP contribution in [0.15, 0.2) is 24.3 Å². The maximum atomic E-state index is 11.8. The smallest absolute Gasteiger partial charge is 0.248 e. The van der Waals surface area contributed by atoms with Crippen molar-refractivity contribution in [2.75, 3.05) is 33.8 Å². The normalized spacial score (nSPS) is 10.1. The fourth-order valence-corrected chi connectivity index (χ4v) is 1.59. The topological polar surface area (TPSA) is 84.7 Å². The van der Waals surface area contributed by atoms with Crippen LogP contribution in [0.1, 0.15) is 16.8 Å². The molecule has 0 bridgehead atoms. The maximum Gasteiger partial charge on any atom is 0.248 e. The molecule has 3 N–H and O–H groups in total. The molecule has 6 heteroatoms.